The van der Waals surface area contributed by atoms with Crippen LogP contribution in [0.4, 0.5) is 16.3 Å². The van der Waals surface area contributed by atoms with Crippen molar-refractivity contribution < 1.29 is 23.9 Å². The number of hydrogen-bond donors (Lipinski definition) is 3. The summed E-state index contributed by atoms with van der Waals surface area (Å²) in [6.07, 6.45) is 1.67. The molecule has 0 bridgehead atoms. The molecule has 0 radical (unpaired) electrons. The highest BCUT2D eigenvalue weighted by atomic mass is 16.6. The Labute approximate surface area is 251 Å². The molecule has 0 aliphatic carbocycles. The molecule has 4 aromatic rings. The van der Waals surface area contributed by atoms with Crippen LogP contribution in [0.5, 0.6) is 11.5 Å². The van der Waals surface area contributed by atoms with E-state index in [9.17, 15) is 9.59 Å². The van der Waals surface area contributed by atoms with Crippen molar-refractivity contribution in [2.75, 3.05) is 17.7 Å². The van der Waals surface area contributed by atoms with Crippen LogP contribution in [-0.2, 0) is 28.3 Å². The number of urea groups is 1. The summed E-state index contributed by atoms with van der Waals surface area (Å²) in [4.78, 5) is 33.5. The van der Waals surface area contributed by atoms with Crippen LogP contribution in [0.25, 0.3) is 5.69 Å². The molecule has 2 heterocycles. The van der Waals surface area contributed by atoms with E-state index in [1.165, 1.54) is 6.92 Å². The maximum absolute atomic E-state index is 13.2. The number of methoxy groups -OCH3 is 1. The van der Waals surface area contributed by atoms with Crippen LogP contribution in [0.1, 0.15) is 55.8 Å². The van der Waals surface area contributed by atoms with Crippen molar-refractivity contribution >= 4 is 23.4 Å². The number of carbonyl (C=O) groups excluding carboxylic acids is 2. The van der Waals surface area contributed by atoms with Gasteiger partial charge < -0.3 is 14.8 Å². The van der Waals surface area contributed by atoms with Crippen LogP contribution >= 0.6 is 0 Å². The number of aromatic nitrogens is 3. The molecule has 43 heavy (non-hydrogen) atoms. The smallest absolute Gasteiger partial charge is 0.324 e. The molecule has 226 valence electrons. The molecule has 0 saturated carbocycles. The fourth-order valence-corrected chi connectivity index (χ4v) is 4.18. The number of nitrogens with zero attached hydrogens (tertiary/aromatic N) is 3. The number of nitrogens with one attached hydrogen (secondary N) is 3. The molecule has 0 aliphatic rings. The third kappa shape index (κ3) is 8.10. The van der Waals surface area contributed by atoms with E-state index in [1.54, 1.807) is 18.0 Å². The Morgan fingerprint density at radius 3 is 2.35 bits per heavy atom. The lowest BCUT2D eigenvalue weighted by atomic mass is 9.92. The summed E-state index contributed by atoms with van der Waals surface area (Å²) in [5, 5.41) is 10.7. The molecule has 0 unspecified atom stereocenters. The van der Waals surface area contributed by atoms with Gasteiger partial charge in [-0.1, -0.05) is 20.8 Å². The highest BCUT2D eigenvalue weighted by molar-refractivity contribution is 6.00. The third-order valence-corrected chi connectivity index (χ3v) is 6.73. The van der Waals surface area contributed by atoms with Crippen LogP contribution in [-0.4, -0.2) is 33.8 Å². The minimum absolute atomic E-state index is 0.145. The zero-order chi connectivity index (χ0) is 31.1. The number of pyridine rings is 1. The van der Waals surface area contributed by atoms with E-state index in [0.717, 1.165) is 33.8 Å². The van der Waals surface area contributed by atoms with Crippen molar-refractivity contribution in [1.82, 2.24) is 20.2 Å². The van der Waals surface area contributed by atoms with Gasteiger partial charge in [0.25, 0.3) is 0 Å². The first-order valence-corrected chi connectivity index (χ1v) is 13.8. The highest BCUT2D eigenvalue weighted by Crippen LogP contribution is 2.30. The largest absolute Gasteiger partial charge is 0.497 e. The Morgan fingerprint density at radius 2 is 1.67 bits per heavy atom. The van der Waals surface area contributed by atoms with Crippen molar-refractivity contribution in [3.05, 3.63) is 88.9 Å². The number of rotatable bonds is 10. The SMILES string of the molecule is COc1ccc(-n2nc(C(C)(C)C)cc2NC(=O)Nc2ccc(OCc3ccnc(CONC(C)=O)c3)c(C)c2C)cc1. The number of ether oxygens (including phenoxy) is 2. The predicted octanol–water partition coefficient (Wildman–Crippen LogP) is 5.98. The molecule has 0 fully saturated rings. The summed E-state index contributed by atoms with van der Waals surface area (Å²) in [6, 6.07) is 16.3. The maximum Gasteiger partial charge on any atom is 0.324 e. The lowest BCUT2D eigenvalue weighted by molar-refractivity contribution is -0.132. The second-order valence-corrected chi connectivity index (χ2v) is 11.1. The third-order valence-electron chi connectivity index (χ3n) is 6.73. The standard InChI is InChI=1S/C32H38N6O5/c1-20-21(2)28(42-18-23-14-15-33-24(16-23)19-43-37-22(3)39)13-12-27(20)34-31(40)35-30-17-29(32(4,5)6)36-38(30)25-8-10-26(41-7)11-9-25/h8-17H,18-19H2,1-7H3,(H,37,39)(H2,34,35,40). The van der Waals surface area contributed by atoms with E-state index in [4.69, 9.17) is 19.4 Å². The molecule has 11 nitrogen and oxygen atoms in total. The van der Waals surface area contributed by atoms with Crippen molar-refractivity contribution in [2.24, 2.45) is 0 Å². The average molecular weight is 587 g/mol. The van der Waals surface area contributed by atoms with E-state index < -0.39 is 6.03 Å². The highest BCUT2D eigenvalue weighted by Gasteiger charge is 2.22. The topological polar surface area (TPSA) is 129 Å². The van der Waals surface area contributed by atoms with Crippen LogP contribution in [0.3, 0.4) is 0 Å². The number of benzene rings is 2. The second-order valence-electron chi connectivity index (χ2n) is 11.1. The van der Waals surface area contributed by atoms with Gasteiger partial charge in [-0.05, 0) is 79.1 Å². The monoisotopic (exact) mass is 586 g/mol. The summed E-state index contributed by atoms with van der Waals surface area (Å²) < 4.78 is 13.1. The fourth-order valence-electron chi connectivity index (χ4n) is 4.18. The minimum atomic E-state index is -0.392. The Bertz CT molecular complexity index is 1590. The molecule has 3 amide bonds. The molecule has 2 aromatic carbocycles. The first-order valence-electron chi connectivity index (χ1n) is 13.8. The molecule has 4 rings (SSSR count). The lowest BCUT2D eigenvalue weighted by Gasteiger charge is -2.16. The van der Waals surface area contributed by atoms with Crippen molar-refractivity contribution in [3.8, 4) is 17.2 Å². The molecular formula is C32H38N6O5. The van der Waals surface area contributed by atoms with Crippen LogP contribution < -0.4 is 25.6 Å². The van der Waals surface area contributed by atoms with Gasteiger partial charge in [-0.3, -0.25) is 19.9 Å². The van der Waals surface area contributed by atoms with Gasteiger partial charge >= 0.3 is 6.03 Å². The van der Waals surface area contributed by atoms with E-state index in [2.05, 4.69) is 41.9 Å². The normalized spacial score (nSPS) is 11.1. The van der Waals surface area contributed by atoms with Gasteiger partial charge in [-0.25, -0.2) is 15.0 Å². The quantitative estimate of drug-likeness (QED) is 0.195. The zero-order valence-corrected chi connectivity index (χ0v) is 25.6. The summed E-state index contributed by atoms with van der Waals surface area (Å²) >= 11 is 0. The molecule has 0 aliphatic heterocycles. The fraction of sp³-hybridized carbons (Fsp3) is 0.312. The Morgan fingerprint density at radius 1 is 0.930 bits per heavy atom. The first kappa shape index (κ1) is 31.0. The molecule has 11 heteroatoms. The molecular weight excluding hydrogens is 548 g/mol. The van der Waals surface area contributed by atoms with E-state index >= 15 is 0 Å². The summed E-state index contributed by atoms with van der Waals surface area (Å²) in [7, 11) is 1.62. The minimum Gasteiger partial charge on any atom is -0.497 e. The van der Waals surface area contributed by atoms with E-state index in [-0.39, 0.29) is 17.9 Å². The second kappa shape index (κ2) is 13.4. The van der Waals surface area contributed by atoms with Gasteiger partial charge in [0.2, 0.25) is 5.91 Å². The van der Waals surface area contributed by atoms with Crippen molar-refractivity contribution in [2.45, 2.75) is 60.2 Å². The van der Waals surface area contributed by atoms with E-state index in [0.29, 0.717) is 29.6 Å². The van der Waals surface area contributed by atoms with Gasteiger partial charge in [-0.15, -0.1) is 0 Å². The summed E-state index contributed by atoms with van der Waals surface area (Å²) in [6.45, 7) is 11.9. The maximum atomic E-state index is 13.2. The van der Waals surface area contributed by atoms with Gasteiger partial charge in [0, 0.05) is 30.3 Å². The van der Waals surface area contributed by atoms with Gasteiger partial charge in [0.15, 0.2) is 0 Å². The predicted molar refractivity (Wildman–Crippen MR) is 165 cm³/mol. The molecule has 3 N–H and O–H groups in total. The average Bonchev–Trinajstić information content (AvgIpc) is 3.39. The van der Waals surface area contributed by atoms with Crippen molar-refractivity contribution in [1.29, 1.82) is 0 Å². The van der Waals surface area contributed by atoms with Crippen LogP contribution in [0.2, 0.25) is 0 Å². The lowest BCUT2D eigenvalue weighted by Crippen LogP contribution is -2.22. The Hall–Kier alpha value is -4.90. The number of hydrogen-bond acceptors (Lipinski definition) is 7. The number of anilines is 2. The molecule has 0 atom stereocenters. The Kier molecular flexibility index (Phi) is 9.66. The van der Waals surface area contributed by atoms with Gasteiger partial charge in [-0.2, -0.15) is 5.10 Å². The van der Waals surface area contributed by atoms with Gasteiger partial charge in [0.05, 0.1) is 24.2 Å². The summed E-state index contributed by atoms with van der Waals surface area (Å²) in [5.41, 5.74) is 7.71. The zero-order valence-electron chi connectivity index (χ0n) is 25.6. The number of hydroxylamine groups is 1. The van der Waals surface area contributed by atoms with Crippen LogP contribution in [0.15, 0.2) is 60.8 Å². The van der Waals surface area contributed by atoms with Crippen LogP contribution in [0, 0.1) is 13.8 Å². The summed E-state index contributed by atoms with van der Waals surface area (Å²) in [5.74, 6) is 1.69. The molecule has 2 aromatic heterocycles. The number of carbonyl (C=O) groups is 2. The molecule has 0 saturated heterocycles. The van der Waals surface area contributed by atoms with Crippen molar-refractivity contribution in [3.63, 3.8) is 0 Å². The molecule has 0 spiro atoms. The Balaban J connectivity index is 1.44. The van der Waals surface area contributed by atoms with E-state index in [1.807, 2.05) is 68.4 Å². The van der Waals surface area contributed by atoms with Gasteiger partial charge in [0.1, 0.15) is 30.5 Å². The first-order chi connectivity index (χ1) is 20.4. The number of amides is 3.